The summed E-state index contributed by atoms with van der Waals surface area (Å²) in [7, 11) is 2.21. The van der Waals surface area contributed by atoms with E-state index >= 15 is 0 Å². The zero-order valence-corrected chi connectivity index (χ0v) is 10.1. The van der Waals surface area contributed by atoms with Crippen molar-refractivity contribution in [1.29, 1.82) is 0 Å². The molecule has 0 atom stereocenters. The molecule has 0 unspecified atom stereocenters. The van der Waals surface area contributed by atoms with Crippen molar-refractivity contribution in [3.63, 3.8) is 0 Å². The molecule has 2 rings (SSSR count). The summed E-state index contributed by atoms with van der Waals surface area (Å²) in [4.78, 5) is 2.42. The van der Waals surface area contributed by atoms with E-state index in [9.17, 15) is 0 Å². The first-order chi connectivity index (χ1) is 7.84. The lowest BCUT2D eigenvalue weighted by molar-refractivity contribution is 0.0549. The van der Waals surface area contributed by atoms with E-state index in [1.165, 1.54) is 24.9 Å². The fraction of sp³-hybridized carbons (Fsp3) is 0.571. The van der Waals surface area contributed by atoms with Gasteiger partial charge in [-0.05, 0) is 31.4 Å². The maximum absolute atomic E-state index is 5.38. The van der Waals surface area contributed by atoms with Gasteiger partial charge in [-0.25, -0.2) is 0 Å². The number of benzene rings is 1. The van der Waals surface area contributed by atoms with Crippen LogP contribution in [0.4, 0.5) is 0 Å². The van der Waals surface area contributed by atoms with Crippen LogP contribution in [-0.2, 0) is 11.3 Å². The van der Waals surface area contributed by atoms with E-state index in [2.05, 4.69) is 42.3 Å². The number of ether oxygens (including phenoxy) is 1. The van der Waals surface area contributed by atoms with Crippen molar-refractivity contribution in [3.8, 4) is 0 Å². The molecular weight excluding hydrogens is 198 g/mol. The van der Waals surface area contributed by atoms with E-state index in [1.807, 2.05) is 0 Å². The molecule has 1 aromatic carbocycles. The van der Waals surface area contributed by atoms with Crippen LogP contribution in [-0.4, -0.2) is 31.7 Å². The molecule has 0 saturated carbocycles. The van der Waals surface area contributed by atoms with Crippen molar-refractivity contribution in [1.82, 2.24) is 4.90 Å². The van der Waals surface area contributed by atoms with Crippen LogP contribution in [0.25, 0.3) is 0 Å². The molecule has 0 amide bonds. The van der Waals surface area contributed by atoms with Crippen LogP contribution >= 0.6 is 0 Å². The Kier molecular flexibility index (Phi) is 4.37. The maximum Gasteiger partial charge on any atom is 0.0469 e. The van der Waals surface area contributed by atoms with Gasteiger partial charge in [0.1, 0.15) is 0 Å². The molecule has 1 aromatic rings. The fourth-order valence-corrected chi connectivity index (χ4v) is 2.33. The number of hydrogen-bond acceptors (Lipinski definition) is 2. The first-order valence-corrected chi connectivity index (χ1v) is 6.15. The highest BCUT2D eigenvalue weighted by Crippen LogP contribution is 2.16. The number of hydrogen-bond donors (Lipinski definition) is 0. The minimum absolute atomic E-state index is 0.822. The molecule has 0 radical (unpaired) electrons. The van der Waals surface area contributed by atoms with E-state index in [0.29, 0.717) is 0 Å². The quantitative estimate of drug-likeness (QED) is 0.771. The van der Waals surface area contributed by atoms with Gasteiger partial charge in [0.2, 0.25) is 0 Å². The average Bonchev–Trinajstić information content (AvgIpc) is 2.31. The highest BCUT2D eigenvalue weighted by atomic mass is 16.5. The summed E-state index contributed by atoms with van der Waals surface area (Å²) in [5.41, 5.74) is 1.40. The van der Waals surface area contributed by atoms with E-state index in [4.69, 9.17) is 4.74 Å². The maximum atomic E-state index is 5.38. The molecule has 0 aliphatic carbocycles. The van der Waals surface area contributed by atoms with Crippen LogP contribution < -0.4 is 0 Å². The van der Waals surface area contributed by atoms with Crippen molar-refractivity contribution >= 4 is 0 Å². The Morgan fingerprint density at radius 3 is 2.56 bits per heavy atom. The molecule has 2 nitrogen and oxygen atoms in total. The molecule has 1 saturated heterocycles. The van der Waals surface area contributed by atoms with Crippen molar-refractivity contribution in [2.24, 2.45) is 5.92 Å². The molecule has 0 aromatic heterocycles. The van der Waals surface area contributed by atoms with Gasteiger partial charge in [0, 0.05) is 26.3 Å². The van der Waals surface area contributed by atoms with Gasteiger partial charge in [0.25, 0.3) is 0 Å². The van der Waals surface area contributed by atoms with E-state index in [0.717, 1.165) is 25.7 Å². The highest BCUT2D eigenvalue weighted by molar-refractivity contribution is 5.14. The van der Waals surface area contributed by atoms with Crippen LogP contribution in [0.1, 0.15) is 18.4 Å². The largest absolute Gasteiger partial charge is 0.381 e. The lowest BCUT2D eigenvalue weighted by Crippen LogP contribution is -2.29. The summed E-state index contributed by atoms with van der Waals surface area (Å²) in [6.07, 6.45) is 2.44. The van der Waals surface area contributed by atoms with Crippen LogP contribution in [0.3, 0.4) is 0 Å². The van der Waals surface area contributed by atoms with Gasteiger partial charge in [-0.2, -0.15) is 0 Å². The first-order valence-electron chi connectivity index (χ1n) is 6.15. The van der Waals surface area contributed by atoms with E-state index in [1.54, 1.807) is 0 Å². The van der Waals surface area contributed by atoms with Crippen molar-refractivity contribution in [3.05, 3.63) is 35.9 Å². The van der Waals surface area contributed by atoms with E-state index in [-0.39, 0.29) is 0 Å². The first kappa shape index (κ1) is 11.6. The van der Waals surface area contributed by atoms with Crippen LogP contribution in [0, 0.1) is 5.92 Å². The van der Waals surface area contributed by atoms with Crippen LogP contribution in [0.15, 0.2) is 30.3 Å². The molecule has 16 heavy (non-hydrogen) atoms. The second-order valence-electron chi connectivity index (χ2n) is 4.74. The van der Waals surface area contributed by atoms with Gasteiger partial charge >= 0.3 is 0 Å². The second kappa shape index (κ2) is 6.02. The van der Waals surface area contributed by atoms with Crippen molar-refractivity contribution in [2.45, 2.75) is 19.4 Å². The minimum atomic E-state index is 0.822. The van der Waals surface area contributed by atoms with Gasteiger partial charge in [-0.3, -0.25) is 0 Å². The predicted molar refractivity (Wildman–Crippen MR) is 66.3 cm³/mol. The molecule has 1 heterocycles. The Morgan fingerprint density at radius 1 is 1.19 bits per heavy atom. The van der Waals surface area contributed by atoms with Gasteiger partial charge in [-0.1, -0.05) is 30.3 Å². The highest BCUT2D eigenvalue weighted by Gasteiger charge is 2.15. The van der Waals surface area contributed by atoms with Crippen molar-refractivity contribution in [2.75, 3.05) is 26.8 Å². The molecular formula is C14H21NO. The summed E-state index contributed by atoms with van der Waals surface area (Å²) >= 11 is 0. The molecule has 1 aliphatic heterocycles. The van der Waals surface area contributed by atoms with Gasteiger partial charge in [0.05, 0.1) is 0 Å². The smallest absolute Gasteiger partial charge is 0.0469 e. The van der Waals surface area contributed by atoms with Gasteiger partial charge < -0.3 is 9.64 Å². The summed E-state index contributed by atoms with van der Waals surface area (Å²) in [5, 5.41) is 0. The van der Waals surface area contributed by atoms with Crippen molar-refractivity contribution < 1.29 is 4.74 Å². The second-order valence-corrected chi connectivity index (χ2v) is 4.74. The molecule has 1 fully saturated rings. The van der Waals surface area contributed by atoms with E-state index < -0.39 is 0 Å². The Balaban J connectivity index is 1.77. The number of nitrogens with zero attached hydrogens (tertiary/aromatic N) is 1. The Hall–Kier alpha value is -0.860. The predicted octanol–water partition coefficient (Wildman–Crippen LogP) is 2.55. The lowest BCUT2D eigenvalue weighted by Gasteiger charge is -2.27. The SMILES string of the molecule is CN(Cc1ccccc1)CC1CCOCC1. The molecule has 88 valence electrons. The number of rotatable bonds is 4. The molecule has 0 spiro atoms. The molecule has 2 heteroatoms. The summed E-state index contributed by atoms with van der Waals surface area (Å²) in [6, 6.07) is 10.7. The minimum Gasteiger partial charge on any atom is -0.381 e. The fourth-order valence-electron chi connectivity index (χ4n) is 2.33. The monoisotopic (exact) mass is 219 g/mol. The third kappa shape index (κ3) is 3.62. The van der Waals surface area contributed by atoms with Gasteiger partial charge in [-0.15, -0.1) is 0 Å². The lowest BCUT2D eigenvalue weighted by atomic mass is 10.00. The summed E-state index contributed by atoms with van der Waals surface area (Å²) in [6.45, 7) is 4.14. The Bertz CT molecular complexity index is 293. The zero-order chi connectivity index (χ0) is 11.2. The summed E-state index contributed by atoms with van der Waals surface area (Å²) < 4.78 is 5.38. The average molecular weight is 219 g/mol. The topological polar surface area (TPSA) is 12.5 Å². The Morgan fingerprint density at radius 2 is 1.88 bits per heavy atom. The van der Waals surface area contributed by atoms with Crippen LogP contribution in [0.2, 0.25) is 0 Å². The molecule has 1 aliphatic rings. The molecule has 0 N–H and O–H groups in total. The molecule has 0 bridgehead atoms. The Labute approximate surface area is 98.2 Å². The standard InChI is InChI=1S/C14H21NO/c1-15(11-13-5-3-2-4-6-13)12-14-7-9-16-10-8-14/h2-6,14H,7-12H2,1H3. The normalized spacial score (nSPS) is 17.9. The third-order valence-corrected chi connectivity index (χ3v) is 3.21. The summed E-state index contributed by atoms with van der Waals surface area (Å²) in [5.74, 6) is 0.822. The third-order valence-electron chi connectivity index (χ3n) is 3.21. The van der Waals surface area contributed by atoms with Crippen LogP contribution in [0.5, 0.6) is 0 Å². The van der Waals surface area contributed by atoms with Gasteiger partial charge in [0.15, 0.2) is 0 Å². The zero-order valence-electron chi connectivity index (χ0n) is 10.1.